The summed E-state index contributed by atoms with van der Waals surface area (Å²) < 4.78 is 30.2. The van der Waals surface area contributed by atoms with Gasteiger partial charge in [0.25, 0.3) is 5.88 Å². The van der Waals surface area contributed by atoms with Gasteiger partial charge in [0, 0.05) is 106 Å². The van der Waals surface area contributed by atoms with Crippen molar-refractivity contribution in [2.75, 3.05) is 61.4 Å². The summed E-state index contributed by atoms with van der Waals surface area (Å²) >= 11 is 0. The number of nitrogens with two attached hydrogens (primary N) is 1. The van der Waals surface area contributed by atoms with E-state index in [9.17, 15) is 19.8 Å². The van der Waals surface area contributed by atoms with E-state index in [1.165, 1.54) is 11.3 Å². The van der Waals surface area contributed by atoms with Crippen molar-refractivity contribution < 1.29 is 43.0 Å². The van der Waals surface area contributed by atoms with Gasteiger partial charge in [-0.15, -0.1) is 10.2 Å². The van der Waals surface area contributed by atoms with Crippen LogP contribution in [0.25, 0.3) is 22.7 Å². The van der Waals surface area contributed by atoms with Gasteiger partial charge in [-0.2, -0.15) is 0 Å². The Balaban J connectivity index is 0.601. The second kappa shape index (κ2) is 22.3. The summed E-state index contributed by atoms with van der Waals surface area (Å²) in [5, 5.41) is 36.9. The van der Waals surface area contributed by atoms with Crippen LogP contribution in [0.1, 0.15) is 94.7 Å². The number of aromatic hydroxyl groups is 1. The van der Waals surface area contributed by atoms with E-state index in [0.29, 0.717) is 59.2 Å². The standard InChI is InChI=1S/C56H68N12O9/c1-32(2)52(56(72)67-30-39(69)22-47(67)55(71)61-33(3)35-9-12-44(59-27-35)53-34(4)60-31-74-53)49-26-51(64-77-49)73-20-19-65-17-14-40(15-18-65)75-41-23-42(24-41)76-50-21-36(13-16-58-50)68-37-10-11-38(68)29-66(28-37)46-25-45(62-63-54(46)57)43-7-5-6-8-48(43)70/h5-9,12-13,16,21,25-27,31-33,37-42,47,52,69-70H,10-11,14-15,17-20,22-24,28-30H2,1-4H3,(H2,57,63)(H,61,71)/t33-,37?,38?,39+,41-,42-,47-,52-/m0/s1. The summed E-state index contributed by atoms with van der Waals surface area (Å²) in [6.07, 6.45) is 10.2. The van der Waals surface area contributed by atoms with E-state index in [1.807, 2.05) is 64.2 Å². The predicted octanol–water partition coefficient (Wildman–Crippen LogP) is 6.08. The average molecular weight is 1050 g/mol. The fourth-order valence-corrected chi connectivity index (χ4v) is 11.8. The molecular formula is C56H68N12O9. The molecule has 5 N–H and O–H groups in total. The lowest BCUT2D eigenvalue weighted by Crippen LogP contribution is -2.54. The quantitative estimate of drug-likeness (QED) is 0.0761. The maximum atomic E-state index is 14.2. The highest BCUT2D eigenvalue weighted by molar-refractivity contribution is 5.91. The van der Waals surface area contributed by atoms with Gasteiger partial charge < -0.3 is 59.1 Å². The first-order valence-corrected chi connectivity index (χ1v) is 27.0. The van der Waals surface area contributed by atoms with Crippen molar-refractivity contribution in [1.29, 1.82) is 0 Å². The molecule has 2 unspecified atom stereocenters. The molecule has 11 rings (SSSR count). The Morgan fingerprint density at radius 3 is 2.39 bits per heavy atom. The van der Waals surface area contributed by atoms with Gasteiger partial charge in [0.1, 0.15) is 36.1 Å². The first kappa shape index (κ1) is 51.7. The molecule has 1 aromatic carbocycles. The molecule has 21 heteroatoms. The number of likely N-dealkylation sites (tertiary alicyclic amines) is 2. The highest BCUT2D eigenvalue weighted by atomic mass is 16.5. The molecule has 1 saturated carbocycles. The van der Waals surface area contributed by atoms with E-state index in [-0.39, 0.29) is 66.8 Å². The number of fused-ring (bicyclic) bond motifs is 2. The number of nitrogens with one attached hydrogen (secondary N) is 1. The molecule has 9 heterocycles. The Morgan fingerprint density at radius 1 is 0.870 bits per heavy atom. The predicted molar refractivity (Wildman–Crippen MR) is 284 cm³/mol. The van der Waals surface area contributed by atoms with Crippen LogP contribution in [-0.2, 0) is 14.3 Å². The van der Waals surface area contributed by atoms with Gasteiger partial charge in [-0.3, -0.25) is 19.5 Å². The second-order valence-electron chi connectivity index (χ2n) is 21.6. The molecule has 5 aromatic heterocycles. The fraction of sp³-hybridized carbons (Fsp3) is 0.500. The van der Waals surface area contributed by atoms with Crippen molar-refractivity contribution in [1.82, 2.24) is 45.4 Å². The number of hydrogen-bond donors (Lipinski definition) is 4. The topological polar surface area (TPSA) is 257 Å². The monoisotopic (exact) mass is 1050 g/mol. The number of nitrogen functional groups attached to an aromatic ring is 1. The third-order valence-electron chi connectivity index (χ3n) is 16.0. The summed E-state index contributed by atoms with van der Waals surface area (Å²) in [4.78, 5) is 49.8. The number of nitrogens with zero attached hydrogens (tertiary/aromatic N) is 10. The molecular weight excluding hydrogens is 985 g/mol. The number of phenols is 1. The molecule has 21 nitrogen and oxygen atoms in total. The lowest BCUT2D eigenvalue weighted by molar-refractivity contribution is -0.141. The van der Waals surface area contributed by atoms with Crippen LogP contribution < -0.4 is 30.3 Å². The first-order chi connectivity index (χ1) is 37.3. The number of carbonyl (C=O) groups excluding carboxylic acids is 2. The minimum atomic E-state index is -0.867. The number of amides is 2. The van der Waals surface area contributed by atoms with Gasteiger partial charge in [0.15, 0.2) is 23.7 Å². The number of pyridine rings is 2. The maximum absolute atomic E-state index is 14.2. The molecule has 5 fully saturated rings. The number of hydrogen-bond acceptors (Lipinski definition) is 19. The zero-order valence-electron chi connectivity index (χ0n) is 44.0. The Hall–Kier alpha value is -7.36. The molecule has 6 atom stereocenters. The number of piperazine rings is 1. The molecule has 2 bridgehead atoms. The van der Waals surface area contributed by atoms with Crippen molar-refractivity contribution in [3.63, 3.8) is 0 Å². The number of piperidine rings is 1. The summed E-state index contributed by atoms with van der Waals surface area (Å²) in [6, 6.07) is 17.8. The van der Waals surface area contributed by atoms with Crippen molar-refractivity contribution in [2.45, 2.75) is 127 Å². The number of aryl methyl sites for hydroxylation is 1. The van der Waals surface area contributed by atoms with Gasteiger partial charge in [0.2, 0.25) is 17.7 Å². The molecule has 1 aliphatic carbocycles. The number of rotatable bonds is 18. The van der Waals surface area contributed by atoms with Crippen LogP contribution in [0.3, 0.4) is 0 Å². The molecule has 5 aliphatic rings. The Labute approximate surface area is 447 Å². The number of para-hydroxylation sites is 1. The SMILES string of the molecule is Cc1ncoc1-c1ccc([C@H](C)NC(=O)[C@@H]2C[C@@H](O)CN2C(=O)[C@H](c2cc(OCCN3CCC(O[C@H]4C[C@H](Oc5cc(N6C7CCC6CN(c6cc(-c8ccccc8O)nnc6N)C7)ccn5)C4)CC3)no2)C(C)C)cn1. The lowest BCUT2D eigenvalue weighted by Gasteiger charge is -2.43. The lowest BCUT2D eigenvalue weighted by atomic mass is 9.91. The minimum absolute atomic E-state index is 0.0289. The van der Waals surface area contributed by atoms with Gasteiger partial charge in [0.05, 0.1) is 41.4 Å². The van der Waals surface area contributed by atoms with Crippen molar-refractivity contribution in [2.24, 2.45) is 5.92 Å². The zero-order valence-corrected chi connectivity index (χ0v) is 44.0. The van der Waals surface area contributed by atoms with Crippen molar-refractivity contribution >= 4 is 29.0 Å². The number of ether oxygens (including phenoxy) is 3. The molecule has 0 spiro atoms. The minimum Gasteiger partial charge on any atom is -0.507 e. The molecule has 6 aromatic rings. The number of benzene rings is 1. The van der Waals surface area contributed by atoms with E-state index in [2.05, 4.69) is 62.5 Å². The van der Waals surface area contributed by atoms with Crippen LogP contribution in [0.5, 0.6) is 17.5 Å². The normalized spacial score (nSPS) is 23.5. The molecule has 77 heavy (non-hydrogen) atoms. The van der Waals surface area contributed by atoms with E-state index >= 15 is 0 Å². The maximum Gasteiger partial charge on any atom is 0.254 e. The number of β-amino-alcohol motifs (C(OH)–C–C–N with tert-alkyl or cyclic N) is 1. The van der Waals surface area contributed by atoms with Crippen LogP contribution in [0.4, 0.5) is 17.2 Å². The van der Waals surface area contributed by atoms with E-state index in [4.69, 9.17) is 28.9 Å². The summed E-state index contributed by atoms with van der Waals surface area (Å²) in [7, 11) is 0. The zero-order chi connectivity index (χ0) is 53.3. The largest absolute Gasteiger partial charge is 0.507 e. The van der Waals surface area contributed by atoms with Gasteiger partial charge in [-0.25, -0.2) is 9.97 Å². The number of anilines is 3. The molecule has 4 saturated heterocycles. The Morgan fingerprint density at radius 2 is 1.66 bits per heavy atom. The second-order valence-corrected chi connectivity index (χ2v) is 21.6. The first-order valence-electron chi connectivity index (χ1n) is 27.0. The van der Waals surface area contributed by atoms with Crippen LogP contribution in [0.15, 0.2) is 88.4 Å². The van der Waals surface area contributed by atoms with Gasteiger partial charge >= 0.3 is 0 Å². The molecule has 406 valence electrons. The van der Waals surface area contributed by atoms with Crippen molar-refractivity contribution in [3.05, 3.63) is 96.5 Å². The highest BCUT2D eigenvalue weighted by Crippen LogP contribution is 2.41. The third kappa shape index (κ3) is 11.2. The third-order valence-corrected chi connectivity index (χ3v) is 16.0. The molecule has 0 radical (unpaired) electrons. The van der Waals surface area contributed by atoms with E-state index in [1.54, 1.807) is 24.4 Å². The Kier molecular flexibility index (Phi) is 15.0. The van der Waals surface area contributed by atoms with E-state index < -0.39 is 24.1 Å². The highest BCUT2D eigenvalue weighted by Gasteiger charge is 2.45. The van der Waals surface area contributed by atoms with Crippen molar-refractivity contribution in [3.8, 4) is 40.2 Å². The number of oxazole rings is 1. The van der Waals surface area contributed by atoms with Crippen LogP contribution in [-0.4, -0.2) is 151 Å². The van der Waals surface area contributed by atoms with Gasteiger partial charge in [-0.1, -0.05) is 32.0 Å². The summed E-state index contributed by atoms with van der Waals surface area (Å²) in [6.45, 7) is 12.0. The summed E-state index contributed by atoms with van der Waals surface area (Å²) in [5.41, 5.74) is 11.7. The number of aliphatic hydroxyl groups excluding tert-OH is 1. The van der Waals surface area contributed by atoms with Crippen LogP contribution in [0, 0.1) is 12.8 Å². The molecule has 4 aliphatic heterocycles. The van der Waals surface area contributed by atoms with Crippen LogP contribution >= 0.6 is 0 Å². The number of aliphatic hydroxyl groups is 1. The number of carbonyl (C=O) groups is 2. The van der Waals surface area contributed by atoms with E-state index in [0.717, 1.165) is 87.3 Å². The number of phenolic OH excluding ortho intramolecular Hbond substituents is 1. The smallest absolute Gasteiger partial charge is 0.254 e. The van der Waals surface area contributed by atoms with Gasteiger partial charge in [-0.05, 0) is 86.5 Å². The number of aromatic nitrogens is 6. The molecule has 2 amide bonds. The van der Waals surface area contributed by atoms with Crippen LogP contribution in [0.2, 0.25) is 0 Å². The summed E-state index contributed by atoms with van der Waals surface area (Å²) in [5.74, 6) is 0.777. The average Bonchev–Trinajstić information content (AvgIpc) is 4.22. The fourth-order valence-electron chi connectivity index (χ4n) is 11.8. The Bertz CT molecular complexity index is 3000.